The van der Waals surface area contributed by atoms with Gasteiger partial charge in [-0.25, -0.2) is 0 Å². The summed E-state index contributed by atoms with van der Waals surface area (Å²) in [5, 5.41) is 11.3. The van der Waals surface area contributed by atoms with Crippen molar-refractivity contribution in [3.05, 3.63) is 29.6 Å². The summed E-state index contributed by atoms with van der Waals surface area (Å²) < 4.78 is 5.17. The van der Waals surface area contributed by atoms with Gasteiger partial charge in [0.2, 0.25) is 0 Å². The molecular weight excluding hydrogens is 256 g/mol. The average Bonchev–Trinajstić information content (AvgIpc) is 2.26. The molecule has 0 radical (unpaired) electrons. The first-order valence-electron chi connectivity index (χ1n) is 5.36. The predicted octanol–water partition coefficient (Wildman–Crippen LogP) is 2.34. The Balaban J connectivity index is 2.67. The Morgan fingerprint density at radius 1 is 1.50 bits per heavy atom. The van der Waals surface area contributed by atoms with E-state index in [0.717, 1.165) is 0 Å². The molecule has 0 saturated carbocycles. The lowest BCUT2D eigenvalue weighted by Gasteiger charge is -2.19. The van der Waals surface area contributed by atoms with E-state index in [4.69, 9.17) is 21.5 Å². The fraction of sp³-hybridized carbons (Fsp3) is 0.417. The molecule has 98 valence electrons. The second kappa shape index (κ2) is 5.82. The summed E-state index contributed by atoms with van der Waals surface area (Å²) in [4.78, 5) is 15.6. The second-order valence-electron chi connectivity index (χ2n) is 4.69. The van der Waals surface area contributed by atoms with Crippen LogP contribution in [0.25, 0.3) is 0 Å². The molecule has 1 aromatic heterocycles. The lowest BCUT2D eigenvalue weighted by atomic mass is 10.2. The molecule has 5 nitrogen and oxygen atoms in total. The van der Waals surface area contributed by atoms with Gasteiger partial charge in [-0.1, -0.05) is 16.8 Å². The highest BCUT2D eigenvalue weighted by atomic mass is 35.5. The zero-order valence-electron chi connectivity index (χ0n) is 10.5. The van der Waals surface area contributed by atoms with Crippen LogP contribution in [0.1, 0.15) is 32.0 Å². The maximum atomic E-state index is 11.6. The molecule has 0 aliphatic rings. The monoisotopic (exact) mass is 270 g/mol. The van der Waals surface area contributed by atoms with Crippen molar-refractivity contribution >= 4 is 22.7 Å². The highest BCUT2D eigenvalue weighted by molar-refractivity contribution is 6.69. The summed E-state index contributed by atoms with van der Waals surface area (Å²) in [7, 11) is 0. The second-order valence-corrected chi connectivity index (χ2v) is 5.05. The van der Waals surface area contributed by atoms with Crippen molar-refractivity contribution in [3.8, 4) is 0 Å². The molecule has 6 heteroatoms. The van der Waals surface area contributed by atoms with Gasteiger partial charge < -0.3 is 9.94 Å². The van der Waals surface area contributed by atoms with Crippen LogP contribution < -0.4 is 0 Å². The maximum Gasteiger partial charge on any atom is 0.312 e. The van der Waals surface area contributed by atoms with Gasteiger partial charge in [-0.15, -0.1) is 0 Å². The Hall–Kier alpha value is -1.62. The number of nitrogens with zero attached hydrogens (tertiary/aromatic N) is 2. The minimum Gasteiger partial charge on any atom is -0.460 e. The van der Waals surface area contributed by atoms with E-state index < -0.39 is 5.60 Å². The van der Waals surface area contributed by atoms with Crippen molar-refractivity contribution < 1.29 is 14.7 Å². The predicted molar refractivity (Wildman–Crippen MR) is 68.0 cm³/mol. The van der Waals surface area contributed by atoms with Gasteiger partial charge in [-0.05, 0) is 32.9 Å². The minimum atomic E-state index is -0.510. The van der Waals surface area contributed by atoms with Crippen molar-refractivity contribution in [2.24, 2.45) is 5.16 Å². The number of hydrogen-bond acceptors (Lipinski definition) is 5. The van der Waals surface area contributed by atoms with E-state index in [2.05, 4.69) is 10.1 Å². The first-order valence-corrected chi connectivity index (χ1v) is 5.74. The molecular formula is C12H15ClN2O3. The Labute approximate surface area is 110 Å². The molecule has 0 bridgehead atoms. The lowest BCUT2D eigenvalue weighted by Crippen LogP contribution is -2.25. The summed E-state index contributed by atoms with van der Waals surface area (Å²) in [6, 6.07) is 3.25. The van der Waals surface area contributed by atoms with E-state index in [9.17, 15) is 4.79 Å². The number of pyridine rings is 1. The number of oxime groups is 1. The molecule has 0 atom stereocenters. The summed E-state index contributed by atoms with van der Waals surface area (Å²) >= 11 is 5.60. The fourth-order valence-corrected chi connectivity index (χ4v) is 1.35. The van der Waals surface area contributed by atoms with Gasteiger partial charge in [0.25, 0.3) is 0 Å². The normalized spacial score (nSPS) is 12.3. The summed E-state index contributed by atoms with van der Waals surface area (Å²) in [5.74, 6) is -0.343. The minimum absolute atomic E-state index is 0.0497. The van der Waals surface area contributed by atoms with Crippen LogP contribution in [-0.2, 0) is 16.0 Å². The van der Waals surface area contributed by atoms with Gasteiger partial charge >= 0.3 is 5.97 Å². The summed E-state index contributed by atoms with van der Waals surface area (Å²) in [6.45, 7) is 5.41. The fourth-order valence-electron chi connectivity index (χ4n) is 1.23. The number of hydrogen-bond donors (Lipinski definition) is 1. The maximum absolute atomic E-state index is 11.6. The zero-order valence-corrected chi connectivity index (χ0v) is 11.2. The quantitative estimate of drug-likeness (QED) is 0.396. The average molecular weight is 271 g/mol. The van der Waals surface area contributed by atoms with Gasteiger partial charge in [0, 0.05) is 11.8 Å². The Morgan fingerprint density at radius 3 is 2.61 bits per heavy atom. The highest BCUT2D eigenvalue weighted by Crippen LogP contribution is 2.10. The topological polar surface area (TPSA) is 71.8 Å². The number of ether oxygens (including phenoxy) is 1. The summed E-state index contributed by atoms with van der Waals surface area (Å²) in [5.41, 5.74) is 0.534. The van der Waals surface area contributed by atoms with Crippen LogP contribution in [-0.4, -0.2) is 26.9 Å². The number of carbonyl (C=O) groups excluding carboxylic acids is 1. The number of rotatable bonds is 3. The number of aromatic nitrogens is 1. The van der Waals surface area contributed by atoms with Gasteiger partial charge in [0.15, 0.2) is 5.17 Å². The zero-order chi connectivity index (χ0) is 13.8. The SMILES string of the molecule is CC(C)(C)OC(=O)Cc1ccc(/C(Cl)=N/O)cn1. The number of esters is 1. The van der Waals surface area contributed by atoms with Crippen LogP contribution in [0, 0.1) is 0 Å². The van der Waals surface area contributed by atoms with E-state index in [-0.39, 0.29) is 17.6 Å². The molecule has 1 N–H and O–H groups in total. The van der Waals surface area contributed by atoms with E-state index in [1.165, 1.54) is 6.20 Å². The molecule has 0 saturated heterocycles. The highest BCUT2D eigenvalue weighted by Gasteiger charge is 2.16. The van der Waals surface area contributed by atoms with Crippen molar-refractivity contribution in [2.45, 2.75) is 32.8 Å². The van der Waals surface area contributed by atoms with Crippen LogP contribution in [0.3, 0.4) is 0 Å². The molecule has 1 aromatic rings. The smallest absolute Gasteiger partial charge is 0.312 e. The summed E-state index contributed by atoms with van der Waals surface area (Å²) in [6.07, 6.45) is 1.52. The first-order chi connectivity index (χ1) is 8.31. The first kappa shape index (κ1) is 14.4. The molecule has 0 aliphatic carbocycles. The van der Waals surface area contributed by atoms with Crippen molar-refractivity contribution in [3.63, 3.8) is 0 Å². The molecule has 0 unspecified atom stereocenters. The standard InChI is InChI=1S/C12H15ClN2O3/c1-12(2,3)18-10(16)6-9-5-4-8(7-14-9)11(13)15-17/h4-5,7,17H,6H2,1-3H3/b15-11-. The molecule has 18 heavy (non-hydrogen) atoms. The molecule has 0 aromatic carbocycles. The molecule has 0 fully saturated rings. The molecule has 0 aliphatic heterocycles. The third kappa shape index (κ3) is 4.71. The van der Waals surface area contributed by atoms with Crippen molar-refractivity contribution in [1.82, 2.24) is 4.98 Å². The van der Waals surface area contributed by atoms with Crippen LogP contribution in [0.2, 0.25) is 0 Å². The van der Waals surface area contributed by atoms with E-state index >= 15 is 0 Å². The lowest BCUT2D eigenvalue weighted by molar-refractivity contribution is -0.153. The molecule has 1 heterocycles. The van der Waals surface area contributed by atoms with Gasteiger partial charge in [0.05, 0.1) is 12.1 Å². The third-order valence-corrected chi connectivity index (χ3v) is 2.19. The van der Waals surface area contributed by atoms with Gasteiger partial charge in [-0.2, -0.15) is 0 Å². The molecule has 0 spiro atoms. The van der Waals surface area contributed by atoms with Gasteiger partial charge in [0.1, 0.15) is 5.60 Å². The van der Waals surface area contributed by atoms with E-state index in [1.807, 2.05) is 0 Å². The molecule has 1 rings (SSSR count). The van der Waals surface area contributed by atoms with Crippen LogP contribution in [0.4, 0.5) is 0 Å². The van der Waals surface area contributed by atoms with Gasteiger partial charge in [-0.3, -0.25) is 9.78 Å². The van der Waals surface area contributed by atoms with Crippen LogP contribution in [0.15, 0.2) is 23.5 Å². The van der Waals surface area contributed by atoms with Crippen LogP contribution in [0.5, 0.6) is 0 Å². The van der Waals surface area contributed by atoms with E-state index in [1.54, 1.807) is 32.9 Å². The Bertz CT molecular complexity index is 449. The van der Waals surface area contributed by atoms with E-state index in [0.29, 0.717) is 11.3 Å². The molecule has 0 amide bonds. The third-order valence-electron chi connectivity index (χ3n) is 1.90. The number of carbonyl (C=O) groups is 1. The van der Waals surface area contributed by atoms with Crippen molar-refractivity contribution in [1.29, 1.82) is 0 Å². The number of halogens is 1. The van der Waals surface area contributed by atoms with Crippen LogP contribution >= 0.6 is 11.6 Å². The van der Waals surface area contributed by atoms with Crippen molar-refractivity contribution in [2.75, 3.05) is 0 Å². The largest absolute Gasteiger partial charge is 0.460 e. The Kier molecular flexibility index (Phi) is 4.67. The Morgan fingerprint density at radius 2 is 2.17 bits per heavy atom.